The zero-order chi connectivity index (χ0) is 15.8. The van der Waals surface area contributed by atoms with Crippen LogP contribution in [0.5, 0.6) is 5.88 Å². The summed E-state index contributed by atoms with van der Waals surface area (Å²) in [5.74, 6) is 0.297. The molecule has 2 heterocycles. The van der Waals surface area contributed by atoms with Gasteiger partial charge in [-0.05, 0) is 30.7 Å². The maximum Gasteiger partial charge on any atom is 0.232 e. The number of aliphatic hydroxyl groups is 1. The molecule has 2 aromatic heterocycles. The minimum absolute atomic E-state index is 0.0264. The van der Waals surface area contributed by atoms with Gasteiger partial charge in [0.2, 0.25) is 5.88 Å². The molecule has 0 spiro atoms. The molecule has 0 atom stereocenters. The van der Waals surface area contributed by atoms with Crippen LogP contribution < -0.4 is 4.74 Å². The molecule has 0 aliphatic heterocycles. The first kappa shape index (κ1) is 15.9. The SMILES string of the molecule is Cc1nc(OCCOCCO)c(C#N)cc1-c1ccncc1. The second kappa shape index (κ2) is 8.08. The van der Waals surface area contributed by atoms with Gasteiger partial charge in [0.1, 0.15) is 18.2 Å². The maximum absolute atomic E-state index is 9.27. The quantitative estimate of drug-likeness (QED) is 0.783. The van der Waals surface area contributed by atoms with E-state index < -0.39 is 0 Å². The molecular formula is C16H17N3O3. The molecule has 0 saturated heterocycles. The summed E-state index contributed by atoms with van der Waals surface area (Å²) in [6, 6.07) is 7.61. The van der Waals surface area contributed by atoms with Crippen LogP contribution in [0.3, 0.4) is 0 Å². The van der Waals surface area contributed by atoms with Crippen LogP contribution in [0.2, 0.25) is 0 Å². The third-order valence-electron chi connectivity index (χ3n) is 2.99. The van der Waals surface area contributed by atoms with E-state index in [2.05, 4.69) is 16.0 Å². The lowest BCUT2D eigenvalue weighted by atomic mass is 10.0. The monoisotopic (exact) mass is 299 g/mol. The van der Waals surface area contributed by atoms with Gasteiger partial charge in [0.05, 0.1) is 19.8 Å². The average Bonchev–Trinajstić information content (AvgIpc) is 2.55. The van der Waals surface area contributed by atoms with Gasteiger partial charge in [-0.2, -0.15) is 5.26 Å². The van der Waals surface area contributed by atoms with Gasteiger partial charge < -0.3 is 14.6 Å². The van der Waals surface area contributed by atoms with Gasteiger partial charge in [-0.15, -0.1) is 0 Å². The second-order valence-electron chi connectivity index (χ2n) is 4.51. The largest absolute Gasteiger partial charge is 0.474 e. The van der Waals surface area contributed by atoms with Gasteiger partial charge in [-0.1, -0.05) is 0 Å². The van der Waals surface area contributed by atoms with E-state index in [0.717, 1.165) is 16.8 Å². The molecule has 0 unspecified atom stereocenters. The van der Waals surface area contributed by atoms with Crippen molar-refractivity contribution in [3.8, 4) is 23.1 Å². The molecule has 1 N–H and O–H groups in total. The Morgan fingerprint density at radius 3 is 2.68 bits per heavy atom. The minimum atomic E-state index is -0.0264. The Morgan fingerprint density at radius 1 is 1.23 bits per heavy atom. The Labute approximate surface area is 129 Å². The number of hydrogen-bond acceptors (Lipinski definition) is 6. The molecule has 0 aliphatic rings. The van der Waals surface area contributed by atoms with Crippen molar-refractivity contribution in [1.82, 2.24) is 9.97 Å². The molecule has 2 aromatic rings. The Morgan fingerprint density at radius 2 is 2.00 bits per heavy atom. The highest BCUT2D eigenvalue weighted by Gasteiger charge is 2.11. The Balaban J connectivity index is 2.16. The maximum atomic E-state index is 9.27. The standard InChI is InChI=1S/C16H17N3O3/c1-12-15(13-2-4-18-5-3-13)10-14(11-17)16(19-12)22-9-8-21-7-6-20/h2-5,10,20H,6-9H2,1H3. The van der Waals surface area contributed by atoms with Crippen LogP contribution in [-0.4, -0.2) is 41.5 Å². The fourth-order valence-electron chi connectivity index (χ4n) is 1.96. The number of aromatic nitrogens is 2. The summed E-state index contributed by atoms with van der Waals surface area (Å²) in [6.07, 6.45) is 3.40. The van der Waals surface area contributed by atoms with Gasteiger partial charge >= 0.3 is 0 Å². The lowest BCUT2D eigenvalue weighted by Gasteiger charge is -2.11. The Hall–Kier alpha value is -2.49. The van der Waals surface area contributed by atoms with E-state index in [1.54, 1.807) is 18.5 Å². The van der Waals surface area contributed by atoms with Crippen molar-refractivity contribution in [2.75, 3.05) is 26.4 Å². The molecule has 6 heteroatoms. The van der Waals surface area contributed by atoms with Crippen LogP contribution in [0.15, 0.2) is 30.6 Å². The highest BCUT2D eigenvalue weighted by molar-refractivity contribution is 5.68. The number of ether oxygens (including phenoxy) is 2. The van der Waals surface area contributed by atoms with Crippen molar-refractivity contribution in [3.63, 3.8) is 0 Å². The first-order chi connectivity index (χ1) is 10.8. The zero-order valence-electron chi connectivity index (χ0n) is 12.3. The lowest BCUT2D eigenvalue weighted by molar-refractivity contribution is 0.0694. The third-order valence-corrected chi connectivity index (χ3v) is 2.99. The summed E-state index contributed by atoms with van der Waals surface area (Å²) >= 11 is 0. The molecule has 0 aliphatic carbocycles. The summed E-state index contributed by atoms with van der Waals surface area (Å²) < 4.78 is 10.6. The number of nitriles is 1. The molecule has 0 fully saturated rings. The predicted molar refractivity (Wildman–Crippen MR) is 80.3 cm³/mol. The number of aryl methyl sites for hydroxylation is 1. The fraction of sp³-hybridized carbons (Fsp3) is 0.312. The molecule has 0 bridgehead atoms. The van der Waals surface area contributed by atoms with E-state index >= 15 is 0 Å². The summed E-state index contributed by atoms with van der Waals surface area (Å²) in [7, 11) is 0. The van der Waals surface area contributed by atoms with E-state index in [1.165, 1.54) is 0 Å². The van der Waals surface area contributed by atoms with Crippen LogP contribution in [-0.2, 0) is 4.74 Å². The number of aliphatic hydroxyl groups excluding tert-OH is 1. The normalized spacial score (nSPS) is 10.2. The molecule has 114 valence electrons. The summed E-state index contributed by atoms with van der Waals surface area (Å²) in [6.45, 7) is 2.71. The van der Waals surface area contributed by atoms with Gasteiger partial charge in [-0.3, -0.25) is 4.98 Å². The van der Waals surface area contributed by atoms with Crippen molar-refractivity contribution in [2.24, 2.45) is 0 Å². The van der Waals surface area contributed by atoms with Crippen molar-refractivity contribution < 1.29 is 14.6 Å². The van der Waals surface area contributed by atoms with E-state index in [0.29, 0.717) is 18.1 Å². The van der Waals surface area contributed by atoms with Crippen molar-refractivity contribution in [2.45, 2.75) is 6.92 Å². The highest BCUT2D eigenvalue weighted by Crippen LogP contribution is 2.27. The molecule has 0 saturated carbocycles. The number of nitrogens with zero attached hydrogens (tertiary/aromatic N) is 3. The Bertz CT molecular complexity index is 654. The molecule has 2 rings (SSSR count). The summed E-state index contributed by atoms with van der Waals surface area (Å²) in [5.41, 5.74) is 2.98. The van der Waals surface area contributed by atoms with Crippen LogP contribution >= 0.6 is 0 Å². The summed E-state index contributed by atoms with van der Waals surface area (Å²) in [5, 5.41) is 17.9. The first-order valence-electron chi connectivity index (χ1n) is 6.89. The van der Waals surface area contributed by atoms with Gasteiger partial charge in [0.25, 0.3) is 0 Å². The van der Waals surface area contributed by atoms with Crippen molar-refractivity contribution in [1.29, 1.82) is 5.26 Å². The Kier molecular flexibility index (Phi) is 5.83. The molecule has 0 amide bonds. The number of hydrogen-bond donors (Lipinski definition) is 1. The molecule has 22 heavy (non-hydrogen) atoms. The van der Waals surface area contributed by atoms with Crippen LogP contribution in [0.25, 0.3) is 11.1 Å². The minimum Gasteiger partial charge on any atom is -0.474 e. The van der Waals surface area contributed by atoms with Gasteiger partial charge in [0, 0.05) is 23.7 Å². The van der Waals surface area contributed by atoms with Crippen LogP contribution in [0.1, 0.15) is 11.3 Å². The summed E-state index contributed by atoms with van der Waals surface area (Å²) in [4.78, 5) is 8.35. The topological polar surface area (TPSA) is 88.3 Å². The molecule has 0 radical (unpaired) electrons. The van der Waals surface area contributed by atoms with E-state index in [-0.39, 0.29) is 19.8 Å². The lowest BCUT2D eigenvalue weighted by Crippen LogP contribution is -2.11. The van der Waals surface area contributed by atoms with Crippen molar-refractivity contribution in [3.05, 3.63) is 41.9 Å². The van der Waals surface area contributed by atoms with Crippen molar-refractivity contribution >= 4 is 0 Å². The fourth-order valence-corrected chi connectivity index (χ4v) is 1.96. The van der Waals surface area contributed by atoms with Gasteiger partial charge in [0.15, 0.2) is 0 Å². The first-order valence-corrected chi connectivity index (χ1v) is 6.89. The van der Waals surface area contributed by atoms with Crippen LogP contribution in [0.4, 0.5) is 0 Å². The predicted octanol–water partition coefficient (Wildman–Crippen LogP) is 1.71. The van der Waals surface area contributed by atoms with E-state index in [9.17, 15) is 5.26 Å². The van der Waals surface area contributed by atoms with E-state index in [1.807, 2.05) is 19.1 Å². The zero-order valence-corrected chi connectivity index (χ0v) is 12.3. The number of pyridine rings is 2. The molecular weight excluding hydrogens is 282 g/mol. The molecule has 6 nitrogen and oxygen atoms in total. The third kappa shape index (κ3) is 4.01. The molecule has 0 aromatic carbocycles. The number of rotatable bonds is 7. The van der Waals surface area contributed by atoms with Gasteiger partial charge in [-0.25, -0.2) is 4.98 Å². The highest BCUT2D eigenvalue weighted by atomic mass is 16.5. The van der Waals surface area contributed by atoms with E-state index in [4.69, 9.17) is 14.6 Å². The smallest absolute Gasteiger partial charge is 0.232 e. The second-order valence-corrected chi connectivity index (χ2v) is 4.51. The average molecular weight is 299 g/mol. The van der Waals surface area contributed by atoms with Crippen LogP contribution in [0, 0.1) is 18.3 Å².